The van der Waals surface area contributed by atoms with Gasteiger partial charge in [-0.15, -0.1) is 0 Å². The van der Waals surface area contributed by atoms with E-state index in [0.29, 0.717) is 5.56 Å². The molecule has 2 rings (SSSR count). The molecule has 1 unspecified atom stereocenters. The summed E-state index contributed by atoms with van der Waals surface area (Å²) in [6.45, 7) is 2.73. The molecular formula is C17H16F3NO3S. The summed E-state index contributed by atoms with van der Waals surface area (Å²) in [5.74, 6) is -1.03. The van der Waals surface area contributed by atoms with Gasteiger partial charge in [-0.3, -0.25) is 4.79 Å². The van der Waals surface area contributed by atoms with Crippen molar-refractivity contribution >= 4 is 21.4 Å². The molecule has 2 aromatic carbocycles. The van der Waals surface area contributed by atoms with Crippen LogP contribution in [0.5, 0.6) is 0 Å². The molecule has 134 valence electrons. The maximum absolute atomic E-state index is 13.0. The quantitative estimate of drug-likeness (QED) is 0.889. The van der Waals surface area contributed by atoms with Crippen molar-refractivity contribution < 1.29 is 26.4 Å². The SMILES string of the molecule is Cc1ccccc1S(=O)(=O)C(C)C(=O)Nc1ccccc1C(F)(F)F. The zero-order valence-electron chi connectivity index (χ0n) is 13.5. The predicted molar refractivity (Wildman–Crippen MR) is 87.9 cm³/mol. The molecule has 1 amide bonds. The highest BCUT2D eigenvalue weighted by Crippen LogP contribution is 2.34. The van der Waals surface area contributed by atoms with Crippen LogP contribution in [0.3, 0.4) is 0 Å². The van der Waals surface area contributed by atoms with Crippen LogP contribution < -0.4 is 5.32 Å². The van der Waals surface area contributed by atoms with Crippen molar-refractivity contribution in [1.29, 1.82) is 0 Å². The Balaban J connectivity index is 2.32. The van der Waals surface area contributed by atoms with Gasteiger partial charge in [-0.05, 0) is 37.6 Å². The first-order chi connectivity index (χ1) is 11.5. The number of nitrogens with one attached hydrogen (secondary N) is 1. The van der Waals surface area contributed by atoms with Crippen molar-refractivity contribution in [3.05, 3.63) is 59.7 Å². The van der Waals surface area contributed by atoms with E-state index in [1.807, 2.05) is 0 Å². The van der Waals surface area contributed by atoms with Crippen LogP contribution in [0.1, 0.15) is 18.1 Å². The highest BCUT2D eigenvalue weighted by atomic mass is 32.2. The summed E-state index contributed by atoms with van der Waals surface area (Å²) < 4.78 is 64.1. The summed E-state index contributed by atoms with van der Waals surface area (Å²) in [5, 5.41) is 0.528. The smallest absolute Gasteiger partial charge is 0.324 e. The zero-order valence-corrected chi connectivity index (χ0v) is 14.3. The molecule has 0 bridgehead atoms. The number of carbonyl (C=O) groups excluding carboxylic acids is 1. The van der Waals surface area contributed by atoms with E-state index in [-0.39, 0.29) is 4.90 Å². The van der Waals surface area contributed by atoms with Gasteiger partial charge in [0, 0.05) is 0 Å². The van der Waals surface area contributed by atoms with E-state index in [0.717, 1.165) is 19.1 Å². The molecule has 1 N–H and O–H groups in total. The summed E-state index contributed by atoms with van der Waals surface area (Å²) in [4.78, 5) is 12.2. The third-order valence-corrected chi connectivity index (χ3v) is 5.94. The number of carbonyl (C=O) groups is 1. The summed E-state index contributed by atoms with van der Waals surface area (Å²) in [5.41, 5.74) is -1.06. The Kier molecular flexibility index (Phi) is 5.22. The second kappa shape index (κ2) is 6.87. The number of sulfone groups is 1. The summed E-state index contributed by atoms with van der Waals surface area (Å²) >= 11 is 0. The lowest BCUT2D eigenvalue weighted by molar-refractivity contribution is -0.137. The molecular weight excluding hydrogens is 355 g/mol. The van der Waals surface area contributed by atoms with Gasteiger partial charge in [-0.2, -0.15) is 13.2 Å². The number of benzene rings is 2. The maximum Gasteiger partial charge on any atom is 0.418 e. The number of amides is 1. The highest BCUT2D eigenvalue weighted by Gasteiger charge is 2.35. The fourth-order valence-electron chi connectivity index (χ4n) is 2.28. The Morgan fingerprint density at radius 3 is 2.20 bits per heavy atom. The topological polar surface area (TPSA) is 63.2 Å². The van der Waals surface area contributed by atoms with E-state index in [9.17, 15) is 26.4 Å². The van der Waals surface area contributed by atoms with Crippen LogP contribution in [0.4, 0.5) is 18.9 Å². The second-order valence-corrected chi connectivity index (χ2v) is 7.72. The number of aryl methyl sites for hydroxylation is 1. The molecule has 8 heteroatoms. The van der Waals surface area contributed by atoms with Crippen molar-refractivity contribution in [2.24, 2.45) is 0 Å². The minimum atomic E-state index is -4.66. The number of hydrogen-bond acceptors (Lipinski definition) is 3. The average molecular weight is 371 g/mol. The fourth-order valence-corrected chi connectivity index (χ4v) is 3.79. The molecule has 0 fully saturated rings. The van der Waals surface area contributed by atoms with Crippen LogP contribution in [-0.2, 0) is 20.8 Å². The van der Waals surface area contributed by atoms with E-state index in [4.69, 9.17) is 0 Å². The largest absolute Gasteiger partial charge is 0.418 e. The van der Waals surface area contributed by atoms with Gasteiger partial charge in [0.1, 0.15) is 5.25 Å². The Morgan fingerprint density at radius 2 is 1.60 bits per heavy atom. The lowest BCUT2D eigenvalue weighted by Crippen LogP contribution is -2.33. The molecule has 0 aliphatic heterocycles. The van der Waals surface area contributed by atoms with Crippen LogP contribution in [0.2, 0.25) is 0 Å². The van der Waals surface area contributed by atoms with E-state index in [2.05, 4.69) is 5.32 Å². The first-order valence-corrected chi connectivity index (χ1v) is 8.86. The number of halogens is 3. The van der Waals surface area contributed by atoms with Crippen molar-refractivity contribution in [3.8, 4) is 0 Å². The normalized spacial score (nSPS) is 13.3. The van der Waals surface area contributed by atoms with E-state index in [1.165, 1.54) is 24.3 Å². The van der Waals surface area contributed by atoms with Crippen LogP contribution >= 0.6 is 0 Å². The number of rotatable bonds is 4. The van der Waals surface area contributed by atoms with E-state index in [1.54, 1.807) is 19.1 Å². The Bertz CT molecular complexity index is 892. The summed E-state index contributed by atoms with van der Waals surface area (Å²) in [6, 6.07) is 10.5. The molecule has 0 saturated heterocycles. The molecule has 0 aromatic heterocycles. The molecule has 4 nitrogen and oxygen atoms in total. The fraction of sp³-hybridized carbons (Fsp3) is 0.235. The minimum Gasteiger partial charge on any atom is -0.324 e. The van der Waals surface area contributed by atoms with Crippen LogP contribution in [0.25, 0.3) is 0 Å². The molecule has 2 aromatic rings. The van der Waals surface area contributed by atoms with Gasteiger partial charge < -0.3 is 5.32 Å². The van der Waals surface area contributed by atoms with Crippen molar-refractivity contribution in [3.63, 3.8) is 0 Å². The molecule has 0 saturated carbocycles. The van der Waals surface area contributed by atoms with E-state index < -0.39 is 38.4 Å². The molecule has 0 radical (unpaired) electrons. The summed E-state index contributed by atoms with van der Waals surface area (Å²) in [7, 11) is -4.03. The van der Waals surface area contributed by atoms with Gasteiger partial charge in [0.05, 0.1) is 16.1 Å². The summed E-state index contributed by atoms with van der Waals surface area (Å²) in [6.07, 6.45) is -4.66. The highest BCUT2D eigenvalue weighted by molar-refractivity contribution is 7.92. The Hall–Kier alpha value is -2.35. The molecule has 1 atom stereocenters. The van der Waals surface area contributed by atoms with Crippen molar-refractivity contribution in [1.82, 2.24) is 0 Å². The van der Waals surface area contributed by atoms with Gasteiger partial charge >= 0.3 is 6.18 Å². The second-order valence-electron chi connectivity index (χ2n) is 5.49. The first kappa shape index (κ1) is 19.0. The average Bonchev–Trinajstić information content (AvgIpc) is 2.53. The van der Waals surface area contributed by atoms with Crippen LogP contribution in [0.15, 0.2) is 53.4 Å². The lowest BCUT2D eigenvalue weighted by atomic mass is 10.1. The Labute approximate surface area is 143 Å². The van der Waals surface area contributed by atoms with Crippen LogP contribution in [0, 0.1) is 6.92 Å². The van der Waals surface area contributed by atoms with Gasteiger partial charge in [-0.1, -0.05) is 30.3 Å². The van der Waals surface area contributed by atoms with Gasteiger partial charge in [-0.25, -0.2) is 8.42 Å². The van der Waals surface area contributed by atoms with Crippen LogP contribution in [-0.4, -0.2) is 19.6 Å². The third-order valence-electron chi connectivity index (χ3n) is 3.73. The molecule has 0 heterocycles. The van der Waals surface area contributed by atoms with E-state index >= 15 is 0 Å². The Morgan fingerprint density at radius 1 is 1.04 bits per heavy atom. The molecule has 0 aliphatic rings. The third kappa shape index (κ3) is 4.01. The number of para-hydroxylation sites is 1. The predicted octanol–water partition coefficient (Wildman–Crippen LogP) is 3.81. The number of hydrogen-bond donors (Lipinski definition) is 1. The first-order valence-electron chi connectivity index (χ1n) is 7.31. The number of alkyl halides is 3. The number of anilines is 1. The molecule has 0 spiro atoms. The molecule has 0 aliphatic carbocycles. The van der Waals surface area contributed by atoms with Crippen molar-refractivity contribution in [2.75, 3.05) is 5.32 Å². The maximum atomic E-state index is 13.0. The lowest BCUT2D eigenvalue weighted by Gasteiger charge is -2.17. The zero-order chi connectivity index (χ0) is 18.8. The standard InChI is InChI=1S/C17H16F3NO3S/c1-11-7-3-6-10-15(11)25(23,24)12(2)16(22)21-14-9-5-4-8-13(14)17(18,19)20/h3-10,12H,1-2H3,(H,21,22). The van der Waals surface area contributed by atoms with Gasteiger partial charge in [0.25, 0.3) is 0 Å². The molecule has 25 heavy (non-hydrogen) atoms. The van der Waals surface area contributed by atoms with Gasteiger partial charge in [0.2, 0.25) is 5.91 Å². The minimum absolute atomic E-state index is 0.0262. The van der Waals surface area contributed by atoms with Gasteiger partial charge in [0.15, 0.2) is 9.84 Å². The van der Waals surface area contributed by atoms with Crippen molar-refractivity contribution in [2.45, 2.75) is 30.2 Å². The monoisotopic (exact) mass is 371 g/mol.